The summed E-state index contributed by atoms with van der Waals surface area (Å²) in [5.74, 6) is 0.795. The van der Waals surface area contributed by atoms with E-state index in [1.807, 2.05) is 0 Å². The number of hydrogen-bond donors (Lipinski definition) is 2. The van der Waals surface area contributed by atoms with Crippen molar-refractivity contribution in [2.24, 2.45) is 5.92 Å². The van der Waals surface area contributed by atoms with Crippen molar-refractivity contribution in [1.82, 2.24) is 10.2 Å². The number of likely N-dealkylation sites (tertiary alicyclic amines) is 1. The Labute approximate surface area is 219 Å². The van der Waals surface area contributed by atoms with Crippen molar-refractivity contribution >= 4 is 24.6 Å². The molecular formula is C26H29BF2N2O7. The summed E-state index contributed by atoms with van der Waals surface area (Å²) in [5.41, 5.74) is 2.23. The fourth-order valence-electron chi connectivity index (χ4n) is 4.93. The minimum atomic E-state index is -2.96. The molecule has 1 unspecified atom stereocenters. The average Bonchev–Trinajstić information content (AvgIpc) is 3.49. The summed E-state index contributed by atoms with van der Waals surface area (Å²) in [6, 6.07) is 9.49. The van der Waals surface area contributed by atoms with Crippen molar-refractivity contribution < 1.29 is 42.3 Å². The minimum Gasteiger partial charge on any atom is -0.489 e. The summed E-state index contributed by atoms with van der Waals surface area (Å²) >= 11 is 0. The lowest BCUT2D eigenvalue weighted by atomic mass is 9.80. The molecule has 9 nitrogen and oxygen atoms in total. The standard InChI is InChI=1S/C26H29BF2N2O7/c1-15(32)31-12-18(17-4-7-23(38-25(28)29)24(10-17)35-13-16-2-3-16)8-20(31)11-30-26(33)37-21-5-6-22-19(9-21)14-36-27(22)34/h4-7,9-10,16,18,20,25,34H,2-3,8,11-14H2,1H3,(H,30,33)/t18?,20-/m1/s1. The molecule has 2 aromatic carbocycles. The summed E-state index contributed by atoms with van der Waals surface area (Å²) in [7, 11) is -0.977. The molecule has 2 heterocycles. The van der Waals surface area contributed by atoms with E-state index < -0.39 is 19.8 Å². The van der Waals surface area contributed by atoms with Gasteiger partial charge in [-0.1, -0.05) is 12.1 Å². The molecule has 1 saturated heterocycles. The van der Waals surface area contributed by atoms with Crippen molar-refractivity contribution in [3.8, 4) is 17.2 Å². The van der Waals surface area contributed by atoms with Crippen molar-refractivity contribution in [1.29, 1.82) is 0 Å². The predicted octanol–water partition coefficient (Wildman–Crippen LogP) is 2.79. The normalized spacial score (nSPS) is 20.4. The SMILES string of the molecule is CC(=O)N1CC(c2ccc(OC(F)F)c(OCC3CC3)c2)C[C@@H]1CNC(=O)Oc1ccc2c(c1)COB2O. The maximum atomic E-state index is 12.9. The second kappa shape index (κ2) is 11.2. The summed E-state index contributed by atoms with van der Waals surface area (Å²) < 4.78 is 46.7. The first kappa shape index (κ1) is 26.2. The van der Waals surface area contributed by atoms with Gasteiger partial charge in [0.15, 0.2) is 11.5 Å². The summed E-state index contributed by atoms with van der Waals surface area (Å²) in [5, 5.41) is 12.5. The van der Waals surface area contributed by atoms with Gasteiger partial charge in [0.2, 0.25) is 5.91 Å². The quantitative estimate of drug-likeness (QED) is 0.481. The number of benzene rings is 2. The van der Waals surface area contributed by atoms with E-state index in [2.05, 4.69) is 10.1 Å². The first-order chi connectivity index (χ1) is 18.3. The summed E-state index contributed by atoms with van der Waals surface area (Å²) in [6.45, 7) is -0.219. The maximum absolute atomic E-state index is 12.9. The Balaban J connectivity index is 1.22. The zero-order valence-electron chi connectivity index (χ0n) is 20.9. The van der Waals surface area contributed by atoms with E-state index in [0.717, 1.165) is 24.0 Å². The molecule has 2 amide bonds. The van der Waals surface area contributed by atoms with Crippen LogP contribution in [0.4, 0.5) is 13.6 Å². The molecule has 0 aromatic heterocycles. The van der Waals surface area contributed by atoms with Crippen LogP contribution in [-0.4, -0.2) is 61.4 Å². The molecular weight excluding hydrogens is 501 g/mol. The first-order valence-corrected chi connectivity index (χ1v) is 12.6. The van der Waals surface area contributed by atoms with Gasteiger partial charge in [-0.2, -0.15) is 8.78 Å². The predicted molar refractivity (Wildman–Crippen MR) is 133 cm³/mol. The van der Waals surface area contributed by atoms with Crippen molar-refractivity contribution in [2.45, 2.75) is 51.4 Å². The third-order valence-corrected chi connectivity index (χ3v) is 7.12. The number of carbonyl (C=O) groups excluding carboxylic acids is 2. The number of rotatable bonds is 9. The van der Waals surface area contributed by atoms with Crippen LogP contribution in [0.15, 0.2) is 36.4 Å². The molecule has 38 heavy (non-hydrogen) atoms. The second-order valence-corrected chi connectivity index (χ2v) is 9.89. The maximum Gasteiger partial charge on any atom is 0.491 e. The third kappa shape index (κ3) is 6.19. The number of carbonyl (C=O) groups is 2. The molecule has 2 fully saturated rings. The van der Waals surface area contributed by atoms with Crippen LogP contribution in [0.3, 0.4) is 0 Å². The molecule has 0 radical (unpaired) electrons. The number of amides is 2. The Morgan fingerprint density at radius 3 is 2.76 bits per heavy atom. The average molecular weight is 530 g/mol. The Hall–Kier alpha value is -3.38. The van der Waals surface area contributed by atoms with Gasteiger partial charge in [-0.3, -0.25) is 4.79 Å². The van der Waals surface area contributed by atoms with Crippen LogP contribution < -0.4 is 25.0 Å². The van der Waals surface area contributed by atoms with Gasteiger partial charge in [0.1, 0.15) is 5.75 Å². The van der Waals surface area contributed by atoms with Crippen LogP contribution in [-0.2, 0) is 16.1 Å². The summed E-state index contributed by atoms with van der Waals surface area (Å²) in [4.78, 5) is 26.5. The topological polar surface area (TPSA) is 107 Å². The molecule has 2 atom stereocenters. The lowest BCUT2D eigenvalue weighted by Crippen LogP contribution is -2.43. The van der Waals surface area contributed by atoms with E-state index in [1.54, 1.807) is 35.2 Å². The number of ether oxygens (including phenoxy) is 3. The molecule has 202 valence electrons. The Bertz CT molecular complexity index is 1200. The monoisotopic (exact) mass is 530 g/mol. The van der Waals surface area contributed by atoms with E-state index in [1.165, 1.54) is 13.0 Å². The molecule has 1 aliphatic carbocycles. The van der Waals surface area contributed by atoms with Crippen LogP contribution in [0.25, 0.3) is 0 Å². The number of fused-ring (bicyclic) bond motifs is 1. The molecule has 5 rings (SSSR count). The van der Waals surface area contributed by atoms with E-state index in [0.29, 0.717) is 36.7 Å². The van der Waals surface area contributed by atoms with Crippen molar-refractivity contribution in [2.75, 3.05) is 19.7 Å². The minimum absolute atomic E-state index is 0.0144. The Morgan fingerprint density at radius 1 is 1.21 bits per heavy atom. The van der Waals surface area contributed by atoms with Crippen molar-refractivity contribution in [3.63, 3.8) is 0 Å². The molecule has 2 aromatic rings. The largest absolute Gasteiger partial charge is 0.491 e. The van der Waals surface area contributed by atoms with E-state index in [4.69, 9.17) is 14.1 Å². The van der Waals surface area contributed by atoms with Crippen molar-refractivity contribution in [3.05, 3.63) is 47.5 Å². The van der Waals surface area contributed by atoms with E-state index in [9.17, 15) is 23.4 Å². The molecule has 3 aliphatic rings. The fourth-order valence-corrected chi connectivity index (χ4v) is 4.93. The van der Waals surface area contributed by atoms with E-state index in [-0.39, 0.29) is 42.5 Å². The smallest absolute Gasteiger partial charge is 0.489 e. The van der Waals surface area contributed by atoms with Gasteiger partial charge in [0, 0.05) is 32.0 Å². The molecule has 0 spiro atoms. The van der Waals surface area contributed by atoms with Crippen LogP contribution in [0.5, 0.6) is 17.2 Å². The number of hydrogen-bond acceptors (Lipinski definition) is 7. The van der Waals surface area contributed by atoms with Gasteiger partial charge < -0.3 is 34.1 Å². The zero-order chi connectivity index (χ0) is 26.8. The summed E-state index contributed by atoms with van der Waals surface area (Å²) in [6.07, 6.45) is 2.01. The second-order valence-electron chi connectivity index (χ2n) is 9.89. The molecule has 0 bridgehead atoms. The van der Waals surface area contributed by atoms with Crippen LogP contribution in [0, 0.1) is 5.92 Å². The van der Waals surface area contributed by atoms with Gasteiger partial charge in [-0.25, -0.2) is 4.79 Å². The van der Waals surface area contributed by atoms with Gasteiger partial charge in [0.05, 0.1) is 13.2 Å². The van der Waals surface area contributed by atoms with Gasteiger partial charge >= 0.3 is 19.8 Å². The Kier molecular flexibility index (Phi) is 7.71. The van der Waals surface area contributed by atoms with Gasteiger partial charge in [-0.15, -0.1) is 0 Å². The van der Waals surface area contributed by atoms with Gasteiger partial charge in [0.25, 0.3) is 0 Å². The highest BCUT2D eigenvalue weighted by atomic mass is 19.3. The highest BCUT2D eigenvalue weighted by Crippen LogP contribution is 2.38. The molecule has 1 saturated carbocycles. The number of nitrogens with one attached hydrogen (secondary N) is 1. The molecule has 12 heteroatoms. The van der Waals surface area contributed by atoms with Crippen LogP contribution in [0.2, 0.25) is 0 Å². The number of nitrogens with zero attached hydrogens (tertiary/aromatic N) is 1. The highest BCUT2D eigenvalue weighted by Gasteiger charge is 2.35. The van der Waals surface area contributed by atoms with Crippen LogP contribution >= 0.6 is 0 Å². The number of alkyl halides is 2. The Morgan fingerprint density at radius 2 is 2.03 bits per heavy atom. The third-order valence-electron chi connectivity index (χ3n) is 7.12. The fraction of sp³-hybridized carbons (Fsp3) is 0.462. The highest BCUT2D eigenvalue weighted by molar-refractivity contribution is 6.61. The lowest BCUT2D eigenvalue weighted by Gasteiger charge is -2.23. The van der Waals surface area contributed by atoms with Crippen LogP contribution in [0.1, 0.15) is 43.2 Å². The number of halogens is 2. The zero-order valence-corrected chi connectivity index (χ0v) is 20.9. The molecule has 2 N–H and O–H groups in total. The van der Waals surface area contributed by atoms with Gasteiger partial charge in [-0.05, 0) is 66.0 Å². The molecule has 2 aliphatic heterocycles. The lowest BCUT2D eigenvalue weighted by molar-refractivity contribution is -0.129. The first-order valence-electron chi connectivity index (χ1n) is 12.6. The van der Waals surface area contributed by atoms with E-state index >= 15 is 0 Å².